The summed E-state index contributed by atoms with van der Waals surface area (Å²) in [6.07, 6.45) is 0. The first-order valence-corrected chi connectivity index (χ1v) is 8.89. The number of hydrogen-bond donors (Lipinski definition) is 2. The van der Waals surface area contributed by atoms with Crippen LogP contribution in [0.5, 0.6) is 17.2 Å². The molecule has 150 valence electrons. The zero-order chi connectivity index (χ0) is 20.7. The minimum atomic E-state index is -0.316. The van der Waals surface area contributed by atoms with Gasteiger partial charge in [0.1, 0.15) is 0 Å². The van der Waals surface area contributed by atoms with Crippen LogP contribution < -0.4 is 24.8 Å². The molecule has 0 atom stereocenters. The van der Waals surface area contributed by atoms with E-state index < -0.39 is 0 Å². The van der Waals surface area contributed by atoms with Gasteiger partial charge in [-0.05, 0) is 30.2 Å². The maximum absolute atomic E-state index is 12.5. The fraction of sp³-hybridized carbons (Fsp3) is 0.333. The Morgan fingerprint density at radius 2 is 1.36 bits per heavy atom. The third-order valence-electron chi connectivity index (χ3n) is 4.00. The van der Waals surface area contributed by atoms with Crippen molar-refractivity contribution in [1.29, 1.82) is 0 Å². The van der Waals surface area contributed by atoms with Gasteiger partial charge < -0.3 is 24.8 Å². The SMILES string of the molecule is COc1cc(NC(=O)c2ccc(C(=O)NCC(C)C)cc2)cc(OC)c1OC. The average Bonchev–Trinajstić information content (AvgIpc) is 2.71. The molecule has 2 rings (SSSR count). The molecular formula is C21H26N2O5. The molecule has 7 heteroatoms. The Bertz CT molecular complexity index is 806. The standard InChI is InChI=1S/C21H26N2O5/c1-13(2)12-22-20(24)14-6-8-15(9-7-14)21(25)23-16-10-17(26-3)19(28-5)18(11-16)27-4/h6-11,13H,12H2,1-5H3,(H,22,24)(H,23,25). The number of ether oxygens (including phenoxy) is 3. The van der Waals surface area contributed by atoms with E-state index in [1.807, 2.05) is 13.8 Å². The number of methoxy groups -OCH3 is 3. The summed E-state index contributed by atoms with van der Waals surface area (Å²) >= 11 is 0. The van der Waals surface area contributed by atoms with E-state index in [-0.39, 0.29) is 11.8 Å². The van der Waals surface area contributed by atoms with Gasteiger partial charge in [0.05, 0.1) is 21.3 Å². The van der Waals surface area contributed by atoms with E-state index >= 15 is 0 Å². The van der Waals surface area contributed by atoms with Crippen LogP contribution in [0.3, 0.4) is 0 Å². The maximum Gasteiger partial charge on any atom is 0.255 e. The van der Waals surface area contributed by atoms with Crippen molar-refractivity contribution in [1.82, 2.24) is 5.32 Å². The van der Waals surface area contributed by atoms with Gasteiger partial charge in [0, 0.05) is 35.5 Å². The molecular weight excluding hydrogens is 360 g/mol. The van der Waals surface area contributed by atoms with Crippen molar-refractivity contribution in [3.63, 3.8) is 0 Å². The lowest BCUT2D eigenvalue weighted by molar-refractivity contribution is 0.0947. The average molecular weight is 386 g/mol. The summed E-state index contributed by atoms with van der Waals surface area (Å²) < 4.78 is 15.8. The zero-order valence-corrected chi connectivity index (χ0v) is 16.8. The first kappa shape index (κ1) is 21.1. The van der Waals surface area contributed by atoms with Gasteiger partial charge in [-0.3, -0.25) is 9.59 Å². The smallest absolute Gasteiger partial charge is 0.255 e. The van der Waals surface area contributed by atoms with Gasteiger partial charge in [0.25, 0.3) is 11.8 Å². The van der Waals surface area contributed by atoms with Crippen LogP contribution in [-0.2, 0) is 0 Å². The van der Waals surface area contributed by atoms with Gasteiger partial charge in [-0.2, -0.15) is 0 Å². The monoisotopic (exact) mass is 386 g/mol. The van der Waals surface area contributed by atoms with Crippen LogP contribution in [0.1, 0.15) is 34.6 Å². The highest BCUT2D eigenvalue weighted by Gasteiger charge is 2.15. The number of rotatable bonds is 8. The molecule has 0 radical (unpaired) electrons. The number of carbonyl (C=O) groups is 2. The van der Waals surface area contributed by atoms with Gasteiger partial charge >= 0.3 is 0 Å². The lowest BCUT2D eigenvalue weighted by Crippen LogP contribution is -2.27. The predicted molar refractivity (Wildman–Crippen MR) is 108 cm³/mol. The molecule has 0 aromatic heterocycles. The summed E-state index contributed by atoms with van der Waals surface area (Å²) in [4.78, 5) is 24.6. The fourth-order valence-corrected chi connectivity index (χ4v) is 2.53. The number of carbonyl (C=O) groups excluding carboxylic acids is 2. The molecule has 0 aliphatic carbocycles. The fourth-order valence-electron chi connectivity index (χ4n) is 2.53. The predicted octanol–water partition coefficient (Wildman–Crippen LogP) is 3.35. The highest BCUT2D eigenvalue weighted by atomic mass is 16.5. The van der Waals surface area contributed by atoms with E-state index in [0.29, 0.717) is 46.5 Å². The van der Waals surface area contributed by atoms with E-state index in [2.05, 4.69) is 10.6 Å². The van der Waals surface area contributed by atoms with Crippen molar-refractivity contribution in [2.24, 2.45) is 5.92 Å². The van der Waals surface area contributed by atoms with Gasteiger partial charge in [0.15, 0.2) is 11.5 Å². The van der Waals surface area contributed by atoms with Crippen molar-refractivity contribution < 1.29 is 23.8 Å². The first-order valence-electron chi connectivity index (χ1n) is 8.89. The Kier molecular flexibility index (Phi) is 7.26. The minimum absolute atomic E-state index is 0.162. The second-order valence-corrected chi connectivity index (χ2v) is 6.55. The van der Waals surface area contributed by atoms with Crippen molar-refractivity contribution in [2.75, 3.05) is 33.2 Å². The maximum atomic E-state index is 12.5. The summed E-state index contributed by atoms with van der Waals surface area (Å²) in [5, 5.41) is 5.64. The quantitative estimate of drug-likeness (QED) is 0.727. The molecule has 2 aromatic carbocycles. The van der Waals surface area contributed by atoms with Crippen LogP contribution >= 0.6 is 0 Å². The highest BCUT2D eigenvalue weighted by Crippen LogP contribution is 2.40. The molecule has 0 saturated carbocycles. The summed E-state index contributed by atoms with van der Waals surface area (Å²) in [5.74, 6) is 1.21. The highest BCUT2D eigenvalue weighted by molar-refractivity contribution is 6.05. The minimum Gasteiger partial charge on any atom is -0.493 e. The van der Waals surface area contributed by atoms with Crippen LogP contribution in [0.15, 0.2) is 36.4 Å². The summed E-state index contributed by atoms with van der Waals surface area (Å²) in [7, 11) is 4.52. The molecule has 0 spiro atoms. The molecule has 2 N–H and O–H groups in total. The van der Waals surface area contributed by atoms with Gasteiger partial charge in [-0.1, -0.05) is 13.8 Å². The van der Waals surface area contributed by atoms with Gasteiger partial charge in [-0.25, -0.2) is 0 Å². The molecule has 28 heavy (non-hydrogen) atoms. The van der Waals surface area contributed by atoms with Crippen molar-refractivity contribution in [2.45, 2.75) is 13.8 Å². The van der Waals surface area contributed by atoms with Crippen LogP contribution in [0.4, 0.5) is 5.69 Å². The van der Waals surface area contributed by atoms with E-state index in [0.717, 1.165) is 0 Å². The third kappa shape index (κ3) is 5.16. The number of anilines is 1. The molecule has 0 unspecified atom stereocenters. The Balaban J connectivity index is 2.14. The third-order valence-corrected chi connectivity index (χ3v) is 4.00. The number of benzene rings is 2. The molecule has 0 heterocycles. The van der Waals surface area contributed by atoms with Crippen LogP contribution in [-0.4, -0.2) is 39.7 Å². The molecule has 0 saturated heterocycles. The number of nitrogens with one attached hydrogen (secondary N) is 2. The van der Waals surface area contributed by atoms with Crippen molar-refractivity contribution in [3.8, 4) is 17.2 Å². The zero-order valence-electron chi connectivity index (χ0n) is 16.8. The lowest BCUT2D eigenvalue weighted by Gasteiger charge is -2.14. The molecule has 0 aliphatic rings. The largest absolute Gasteiger partial charge is 0.493 e. The Morgan fingerprint density at radius 1 is 0.857 bits per heavy atom. The Morgan fingerprint density at radius 3 is 1.79 bits per heavy atom. The van der Waals surface area contributed by atoms with Crippen LogP contribution in [0.2, 0.25) is 0 Å². The summed E-state index contributed by atoms with van der Waals surface area (Å²) in [6.45, 7) is 4.65. The van der Waals surface area contributed by atoms with Crippen molar-refractivity contribution in [3.05, 3.63) is 47.5 Å². The second-order valence-electron chi connectivity index (χ2n) is 6.55. The van der Waals surface area contributed by atoms with Gasteiger partial charge in [0.2, 0.25) is 5.75 Å². The topological polar surface area (TPSA) is 85.9 Å². The number of amides is 2. The lowest BCUT2D eigenvalue weighted by atomic mass is 10.1. The second kappa shape index (κ2) is 9.64. The Labute approximate surface area is 165 Å². The summed E-state index contributed by atoms with van der Waals surface area (Å²) in [6, 6.07) is 9.76. The number of hydrogen-bond acceptors (Lipinski definition) is 5. The summed E-state index contributed by atoms with van der Waals surface area (Å²) in [5.41, 5.74) is 1.43. The van der Waals surface area contributed by atoms with E-state index in [4.69, 9.17) is 14.2 Å². The molecule has 7 nitrogen and oxygen atoms in total. The van der Waals surface area contributed by atoms with E-state index in [1.165, 1.54) is 21.3 Å². The molecule has 0 fully saturated rings. The van der Waals surface area contributed by atoms with Crippen molar-refractivity contribution >= 4 is 17.5 Å². The molecule has 0 bridgehead atoms. The van der Waals surface area contributed by atoms with E-state index in [1.54, 1.807) is 36.4 Å². The van der Waals surface area contributed by atoms with Crippen LogP contribution in [0, 0.1) is 5.92 Å². The molecule has 2 aromatic rings. The van der Waals surface area contributed by atoms with Crippen LogP contribution in [0.25, 0.3) is 0 Å². The molecule has 0 aliphatic heterocycles. The molecule has 2 amide bonds. The van der Waals surface area contributed by atoms with E-state index in [9.17, 15) is 9.59 Å². The Hall–Kier alpha value is -3.22. The first-order chi connectivity index (χ1) is 13.4. The van der Waals surface area contributed by atoms with Gasteiger partial charge in [-0.15, -0.1) is 0 Å². The normalized spacial score (nSPS) is 10.4.